The third-order valence-electron chi connectivity index (χ3n) is 7.94. The maximum absolute atomic E-state index is 14.4. The van der Waals surface area contributed by atoms with Crippen LogP contribution in [-0.2, 0) is 31.6 Å². The summed E-state index contributed by atoms with van der Waals surface area (Å²) >= 11 is 12.4. The molecule has 2 atom stereocenters. The van der Waals surface area contributed by atoms with Gasteiger partial charge in [0.05, 0.1) is 17.5 Å². The van der Waals surface area contributed by atoms with Gasteiger partial charge in [0, 0.05) is 29.6 Å². The molecule has 2 amide bonds. The summed E-state index contributed by atoms with van der Waals surface area (Å²) in [7, 11) is -4.53. The van der Waals surface area contributed by atoms with Crippen LogP contribution in [0, 0.1) is 0 Å². The highest BCUT2D eigenvalue weighted by atomic mass is 35.5. The van der Waals surface area contributed by atoms with E-state index < -0.39 is 56.2 Å². The summed E-state index contributed by atoms with van der Waals surface area (Å²) in [6.07, 6.45) is -3.47. The molecule has 11 nitrogen and oxygen atoms in total. The highest BCUT2D eigenvalue weighted by molar-refractivity contribution is 7.89. The van der Waals surface area contributed by atoms with E-state index in [1.807, 2.05) is 0 Å². The number of anilines is 2. The summed E-state index contributed by atoms with van der Waals surface area (Å²) in [6, 6.07) is 6.71. The smallest absolute Gasteiger partial charge is 0.406 e. The number of hydrogen-bond acceptors (Lipinski definition) is 7. The van der Waals surface area contributed by atoms with E-state index in [0.29, 0.717) is 12.0 Å². The molecule has 0 radical (unpaired) electrons. The number of carbonyl (C=O) groups excluding carboxylic acids is 2. The van der Waals surface area contributed by atoms with Crippen molar-refractivity contribution in [1.82, 2.24) is 19.2 Å². The Morgan fingerprint density at radius 1 is 1.18 bits per heavy atom. The molecule has 0 bridgehead atoms. The molecule has 1 aromatic heterocycles. The van der Waals surface area contributed by atoms with E-state index in [2.05, 4.69) is 15.0 Å². The Kier molecular flexibility index (Phi) is 7.44. The number of amides is 2. The third kappa shape index (κ3) is 5.33. The van der Waals surface area contributed by atoms with Crippen molar-refractivity contribution in [3.63, 3.8) is 0 Å². The normalized spacial score (nSPS) is 21.6. The highest BCUT2D eigenvalue weighted by Crippen LogP contribution is 2.54. The second kappa shape index (κ2) is 10.6. The van der Waals surface area contributed by atoms with Gasteiger partial charge < -0.3 is 15.2 Å². The van der Waals surface area contributed by atoms with Crippen LogP contribution in [0.3, 0.4) is 0 Å². The van der Waals surface area contributed by atoms with Crippen LogP contribution in [0.15, 0.2) is 47.6 Å². The van der Waals surface area contributed by atoms with Gasteiger partial charge in [0.15, 0.2) is 10.6 Å². The first-order valence-electron chi connectivity index (χ1n) is 13.7. The lowest BCUT2D eigenvalue weighted by atomic mass is 9.70. The fourth-order valence-corrected chi connectivity index (χ4v) is 8.39. The first-order chi connectivity index (χ1) is 20.9. The zero-order valence-corrected chi connectivity index (χ0v) is 26.1. The molecule has 2 aromatic carbocycles. The van der Waals surface area contributed by atoms with Gasteiger partial charge in [-0.15, -0.1) is 13.2 Å². The van der Waals surface area contributed by atoms with Gasteiger partial charge in [-0.25, -0.2) is 18.3 Å². The van der Waals surface area contributed by atoms with Crippen molar-refractivity contribution in [2.75, 3.05) is 18.0 Å². The van der Waals surface area contributed by atoms with Crippen molar-refractivity contribution in [2.45, 2.75) is 61.7 Å². The average molecular weight is 689 g/mol. The van der Waals surface area contributed by atoms with E-state index in [0.717, 1.165) is 27.5 Å². The molecule has 3 aromatic rings. The van der Waals surface area contributed by atoms with Crippen LogP contribution in [0.2, 0.25) is 10.0 Å². The van der Waals surface area contributed by atoms with Gasteiger partial charge in [0.1, 0.15) is 11.8 Å². The Balaban J connectivity index is 1.49. The van der Waals surface area contributed by atoms with Gasteiger partial charge in [-0.3, -0.25) is 14.2 Å². The number of sulfonamides is 1. The summed E-state index contributed by atoms with van der Waals surface area (Å²) in [6.45, 7) is 2.84. The topological polar surface area (TPSA) is 134 Å². The molecular weight excluding hydrogens is 662 g/mol. The van der Waals surface area contributed by atoms with Crippen molar-refractivity contribution in [3.8, 4) is 5.75 Å². The quantitative estimate of drug-likeness (QED) is 0.382. The summed E-state index contributed by atoms with van der Waals surface area (Å²) in [5.41, 5.74) is -2.30. The molecule has 6 rings (SSSR count). The average Bonchev–Trinajstić information content (AvgIpc) is 3.61. The Morgan fingerprint density at radius 2 is 1.87 bits per heavy atom. The minimum absolute atomic E-state index is 0.0157. The van der Waals surface area contributed by atoms with Crippen molar-refractivity contribution >= 4 is 56.7 Å². The van der Waals surface area contributed by atoms with Crippen molar-refractivity contribution < 1.29 is 41.0 Å². The van der Waals surface area contributed by atoms with Crippen LogP contribution >= 0.6 is 23.2 Å². The van der Waals surface area contributed by atoms with E-state index >= 15 is 0 Å². The lowest BCUT2D eigenvalue weighted by molar-refractivity contribution is -0.274. The fourth-order valence-electron chi connectivity index (χ4n) is 6.08. The molecule has 2 aliphatic heterocycles. The molecule has 1 saturated heterocycles. The zero-order valence-electron chi connectivity index (χ0n) is 23.7. The number of hydrogen-bond donors (Lipinski definition) is 2. The van der Waals surface area contributed by atoms with Gasteiger partial charge in [-0.2, -0.15) is 4.31 Å². The van der Waals surface area contributed by atoms with Gasteiger partial charge in [0.25, 0.3) is 15.9 Å². The number of nitrogens with zero attached hydrogens (tertiary/aromatic N) is 4. The number of ether oxygens (including phenoxy) is 1. The Hall–Kier alpha value is -3.37. The molecule has 2 N–H and O–H groups in total. The number of carbonyl (C=O) groups is 2. The number of aliphatic hydroxyl groups is 1. The number of imidazole rings is 1. The van der Waals surface area contributed by atoms with E-state index in [1.54, 1.807) is 0 Å². The Morgan fingerprint density at radius 3 is 2.51 bits per heavy atom. The number of fused-ring (bicyclic) bond motifs is 4. The van der Waals surface area contributed by atoms with E-state index in [9.17, 15) is 36.3 Å². The molecule has 1 spiro atoms. The number of rotatable bonds is 7. The first-order valence-corrected chi connectivity index (χ1v) is 15.9. The molecule has 45 heavy (non-hydrogen) atoms. The number of alkyl halides is 3. The fraction of sp³-hybridized carbons (Fsp3) is 0.393. The standard InChI is InChI=1S/C28H26Cl2F3N5O6S/c1-26(2,41)14-35-23(39)21-4-3-7-36(21)45(42,43)22-13-34-25-37(18-9-16(29)8-17(30)10-18)24(40)27(38(22)25)12-15-5-6-19(11-20(15)27)44-28(31,32)33/h5-6,8-11,13,21,41H,3-4,7,12,14H2,1-2H3,(H,35,39)/t21-,27-/m0/s1. The molecule has 240 valence electrons. The van der Waals surface area contributed by atoms with Crippen LogP contribution in [0.4, 0.5) is 24.8 Å². The lowest BCUT2D eigenvalue weighted by Crippen LogP contribution is -2.53. The molecule has 3 heterocycles. The Labute approximate surface area is 265 Å². The maximum atomic E-state index is 14.4. The van der Waals surface area contributed by atoms with Gasteiger partial charge >= 0.3 is 6.36 Å². The van der Waals surface area contributed by atoms with Crippen LogP contribution in [0.5, 0.6) is 5.75 Å². The largest absolute Gasteiger partial charge is 0.573 e. The second-order valence-electron chi connectivity index (χ2n) is 11.7. The molecule has 1 fully saturated rings. The SMILES string of the molecule is CC(C)(O)CNC(=O)[C@@H]1CCCN1S(=O)(=O)c1cnc2n1[C@]1(Cc3ccc(OC(F)(F)F)cc31)C(=O)N2c1cc(Cl)cc(Cl)c1. The van der Waals surface area contributed by atoms with E-state index in [1.165, 1.54) is 42.7 Å². The van der Waals surface area contributed by atoms with Gasteiger partial charge in [-0.1, -0.05) is 29.3 Å². The third-order valence-corrected chi connectivity index (χ3v) is 10.2. The molecule has 1 aliphatic carbocycles. The molecule has 0 saturated carbocycles. The first kappa shape index (κ1) is 31.6. The predicted molar refractivity (Wildman–Crippen MR) is 156 cm³/mol. The Bertz CT molecular complexity index is 1820. The van der Waals surface area contributed by atoms with Crippen LogP contribution in [0.25, 0.3) is 0 Å². The lowest BCUT2D eigenvalue weighted by Gasteiger charge is -2.41. The number of aromatic nitrogens is 2. The van der Waals surface area contributed by atoms with Gasteiger partial charge in [-0.05, 0) is 68.1 Å². The van der Waals surface area contributed by atoms with Crippen molar-refractivity contribution in [1.29, 1.82) is 0 Å². The van der Waals surface area contributed by atoms with Crippen LogP contribution in [0.1, 0.15) is 37.8 Å². The summed E-state index contributed by atoms with van der Waals surface area (Å²) in [4.78, 5) is 32.9. The molecule has 0 unspecified atom stereocenters. The number of halogens is 5. The minimum atomic E-state index is -5.01. The van der Waals surface area contributed by atoms with Crippen molar-refractivity contribution in [3.05, 3.63) is 63.8 Å². The van der Waals surface area contributed by atoms with Crippen molar-refractivity contribution in [2.24, 2.45) is 0 Å². The summed E-state index contributed by atoms with van der Waals surface area (Å²) in [5.74, 6) is -2.03. The van der Waals surface area contributed by atoms with E-state index in [-0.39, 0.29) is 53.2 Å². The zero-order chi connectivity index (χ0) is 32.7. The molecule has 3 aliphatic rings. The van der Waals surface area contributed by atoms with Gasteiger partial charge in [0.2, 0.25) is 11.9 Å². The molecule has 17 heteroatoms. The maximum Gasteiger partial charge on any atom is 0.573 e. The molecular formula is C28H26Cl2F3N5O6S. The van der Waals surface area contributed by atoms with Crippen LogP contribution in [-0.4, -0.2) is 70.3 Å². The minimum Gasteiger partial charge on any atom is -0.406 e. The summed E-state index contributed by atoms with van der Waals surface area (Å²) in [5, 5.41) is 12.5. The van der Waals surface area contributed by atoms with E-state index in [4.69, 9.17) is 23.2 Å². The second-order valence-corrected chi connectivity index (χ2v) is 14.4. The summed E-state index contributed by atoms with van der Waals surface area (Å²) < 4.78 is 74.3. The number of nitrogens with one attached hydrogen (secondary N) is 1. The highest BCUT2D eigenvalue weighted by Gasteiger charge is 2.62. The number of benzene rings is 2. The monoisotopic (exact) mass is 687 g/mol. The van der Waals surface area contributed by atoms with Crippen LogP contribution < -0.4 is 15.0 Å². The predicted octanol–water partition coefficient (Wildman–Crippen LogP) is 4.11.